The molecule has 1 amide bonds. The Kier molecular flexibility index (Phi) is 7.28. The predicted octanol–water partition coefficient (Wildman–Crippen LogP) is 4.19. The van der Waals surface area contributed by atoms with Crippen LogP contribution in [0.25, 0.3) is 10.9 Å². The fraction of sp³-hybridized carbons (Fsp3) is 0.400. The highest BCUT2D eigenvalue weighted by molar-refractivity contribution is 6.30. The number of benzene rings is 2. The average molecular weight is 440 g/mol. The summed E-state index contributed by atoms with van der Waals surface area (Å²) in [5.41, 5.74) is 3.44. The summed E-state index contributed by atoms with van der Waals surface area (Å²) in [6.07, 6.45) is 3.51. The van der Waals surface area contributed by atoms with Crippen LogP contribution in [0.4, 0.5) is 0 Å². The number of para-hydroxylation sites is 1. The number of rotatable bonds is 8. The molecule has 2 aromatic carbocycles. The number of hydrogen-bond acceptors (Lipinski definition) is 3. The number of halogens is 1. The third-order valence-electron chi connectivity index (χ3n) is 6.04. The summed E-state index contributed by atoms with van der Waals surface area (Å²) in [7, 11) is 2.05. The molecule has 0 aliphatic carbocycles. The Morgan fingerprint density at radius 2 is 1.87 bits per heavy atom. The smallest absolute Gasteiger partial charge is 0.220 e. The van der Waals surface area contributed by atoms with E-state index in [1.165, 1.54) is 16.5 Å². The van der Waals surface area contributed by atoms with Gasteiger partial charge in [-0.1, -0.05) is 41.9 Å². The van der Waals surface area contributed by atoms with Crippen molar-refractivity contribution in [2.45, 2.75) is 18.8 Å². The van der Waals surface area contributed by atoms with E-state index in [-0.39, 0.29) is 11.8 Å². The van der Waals surface area contributed by atoms with Crippen molar-refractivity contribution < 1.29 is 9.53 Å². The Morgan fingerprint density at radius 3 is 2.65 bits per heavy atom. The number of ether oxygens (including phenoxy) is 1. The molecule has 1 aromatic heterocycles. The van der Waals surface area contributed by atoms with Gasteiger partial charge in [0.1, 0.15) is 0 Å². The van der Waals surface area contributed by atoms with Crippen LogP contribution in [-0.4, -0.2) is 54.8 Å². The Morgan fingerprint density at radius 1 is 1.13 bits per heavy atom. The first-order valence-corrected chi connectivity index (χ1v) is 11.4. The summed E-state index contributed by atoms with van der Waals surface area (Å²) in [4.78, 5) is 15.3. The Labute approximate surface area is 188 Å². The number of amides is 1. The van der Waals surface area contributed by atoms with Gasteiger partial charge >= 0.3 is 0 Å². The second kappa shape index (κ2) is 10.3. The zero-order valence-electron chi connectivity index (χ0n) is 18.0. The van der Waals surface area contributed by atoms with E-state index in [4.69, 9.17) is 16.3 Å². The number of hydrogen-bond donors (Lipinski definition) is 1. The van der Waals surface area contributed by atoms with Crippen LogP contribution >= 0.6 is 11.6 Å². The van der Waals surface area contributed by atoms with Gasteiger partial charge < -0.3 is 14.6 Å². The van der Waals surface area contributed by atoms with E-state index in [2.05, 4.69) is 46.2 Å². The minimum absolute atomic E-state index is 0.0254. The highest BCUT2D eigenvalue weighted by Gasteiger charge is 2.22. The summed E-state index contributed by atoms with van der Waals surface area (Å²) in [6.45, 7) is 5.26. The molecule has 1 saturated heterocycles. The summed E-state index contributed by atoms with van der Waals surface area (Å²) < 4.78 is 7.52. The minimum Gasteiger partial charge on any atom is -0.379 e. The van der Waals surface area contributed by atoms with E-state index < -0.39 is 0 Å². The minimum atomic E-state index is -0.0254. The van der Waals surface area contributed by atoms with Crippen molar-refractivity contribution in [2.75, 3.05) is 39.4 Å². The standard InChI is InChI=1S/C25H30ClN3O2/c1-28-18-23(21-5-2-3-6-24(21)28)22(19-7-9-20(26)10-8-19)17-25(30)27-11-4-12-29-13-15-31-16-14-29/h2-3,5-10,18,22H,4,11-17H2,1H3,(H,27,30). The number of aromatic nitrogens is 1. The molecule has 1 unspecified atom stereocenters. The summed E-state index contributed by atoms with van der Waals surface area (Å²) in [6, 6.07) is 16.2. The first-order chi connectivity index (χ1) is 15.1. The van der Waals surface area contributed by atoms with E-state index in [1.807, 2.05) is 30.3 Å². The number of aryl methyl sites for hydroxylation is 1. The van der Waals surface area contributed by atoms with Crippen molar-refractivity contribution in [3.63, 3.8) is 0 Å². The van der Waals surface area contributed by atoms with Gasteiger partial charge in [-0.2, -0.15) is 0 Å². The van der Waals surface area contributed by atoms with Crippen LogP contribution in [0.5, 0.6) is 0 Å². The van der Waals surface area contributed by atoms with E-state index in [0.29, 0.717) is 18.0 Å². The number of morpholine rings is 1. The Balaban J connectivity index is 1.46. The van der Waals surface area contributed by atoms with Gasteiger partial charge in [0.25, 0.3) is 0 Å². The average Bonchev–Trinajstić information content (AvgIpc) is 3.13. The van der Waals surface area contributed by atoms with E-state index in [0.717, 1.165) is 44.8 Å². The van der Waals surface area contributed by atoms with Crippen molar-refractivity contribution in [3.05, 3.63) is 70.9 Å². The van der Waals surface area contributed by atoms with Crippen LogP contribution in [0.3, 0.4) is 0 Å². The van der Waals surface area contributed by atoms with Gasteiger partial charge in [-0.3, -0.25) is 9.69 Å². The lowest BCUT2D eigenvalue weighted by atomic mass is 9.88. The fourth-order valence-corrected chi connectivity index (χ4v) is 4.49. The maximum atomic E-state index is 12.9. The zero-order valence-corrected chi connectivity index (χ0v) is 18.8. The predicted molar refractivity (Wildman–Crippen MR) is 126 cm³/mol. The maximum absolute atomic E-state index is 12.9. The highest BCUT2D eigenvalue weighted by Crippen LogP contribution is 2.34. The van der Waals surface area contributed by atoms with Gasteiger partial charge in [0, 0.05) is 61.1 Å². The SMILES string of the molecule is Cn1cc(C(CC(=O)NCCCN2CCOCC2)c2ccc(Cl)cc2)c2ccccc21. The molecule has 1 atom stereocenters. The monoisotopic (exact) mass is 439 g/mol. The molecule has 2 heterocycles. The number of nitrogens with zero attached hydrogens (tertiary/aromatic N) is 2. The van der Waals surface area contributed by atoms with Crippen molar-refractivity contribution in [1.82, 2.24) is 14.8 Å². The van der Waals surface area contributed by atoms with Crippen LogP contribution < -0.4 is 5.32 Å². The molecule has 3 aromatic rings. The molecule has 0 radical (unpaired) electrons. The van der Waals surface area contributed by atoms with Gasteiger partial charge in [-0.15, -0.1) is 0 Å². The second-order valence-corrected chi connectivity index (χ2v) is 8.61. The molecule has 1 N–H and O–H groups in total. The largest absolute Gasteiger partial charge is 0.379 e. The van der Waals surface area contributed by atoms with Crippen molar-refractivity contribution in [2.24, 2.45) is 7.05 Å². The number of nitrogens with one attached hydrogen (secondary N) is 1. The first kappa shape index (κ1) is 21.9. The van der Waals surface area contributed by atoms with Gasteiger partial charge in [-0.05, 0) is 42.3 Å². The van der Waals surface area contributed by atoms with Crippen LogP contribution in [-0.2, 0) is 16.6 Å². The van der Waals surface area contributed by atoms with Crippen molar-refractivity contribution in [3.8, 4) is 0 Å². The van der Waals surface area contributed by atoms with Crippen LogP contribution in [0.1, 0.15) is 29.9 Å². The Hall–Kier alpha value is -2.34. The number of carbonyl (C=O) groups is 1. The van der Waals surface area contributed by atoms with Gasteiger partial charge in [0.15, 0.2) is 0 Å². The highest BCUT2D eigenvalue weighted by atomic mass is 35.5. The van der Waals surface area contributed by atoms with E-state index in [9.17, 15) is 4.79 Å². The number of fused-ring (bicyclic) bond motifs is 1. The Bertz CT molecular complexity index is 1010. The molecule has 1 aliphatic heterocycles. The molecular weight excluding hydrogens is 410 g/mol. The van der Waals surface area contributed by atoms with Crippen LogP contribution in [0, 0.1) is 0 Å². The molecule has 4 rings (SSSR count). The van der Waals surface area contributed by atoms with E-state index >= 15 is 0 Å². The van der Waals surface area contributed by atoms with Crippen LogP contribution in [0.15, 0.2) is 54.7 Å². The quantitative estimate of drug-likeness (QED) is 0.535. The molecule has 0 bridgehead atoms. The molecule has 6 heteroatoms. The third-order valence-corrected chi connectivity index (χ3v) is 6.29. The van der Waals surface area contributed by atoms with Crippen LogP contribution in [0.2, 0.25) is 5.02 Å². The molecule has 1 fully saturated rings. The molecule has 164 valence electrons. The molecule has 0 saturated carbocycles. The second-order valence-electron chi connectivity index (χ2n) is 8.18. The van der Waals surface area contributed by atoms with Gasteiger partial charge in [-0.25, -0.2) is 0 Å². The summed E-state index contributed by atoms with van der Waals surface area (Å²) in [5, 5.41) is 5.02. The maximum Gasteiger partial charge on any atom is 0.220 e. The molecule has 0 spiro atoms. The van der Waals surface area contributed by atoms with E-state index in [1.54, 1.807) is 0 Å². The van der Waals surface area contributed by atoms with Crippen molar-refractivity contribution >= 4 is 28.4 Å². The fourth-order valence-electron chi connectivity index (χ4n) is 4.37. The molecule has 1 aliphatic rings. The normalized spacial score (nSPS) is 15.8. The van der Waals surface area contributed by atoms with Gasteiger partial charge in [0.05, 0.1) is 13.2 Å². The zero-order chi connectivity index (χ0) is 21.6. The van der Waals surface area contributed by atoms with Gasteiger partial charge in [0.2, 0.25) is 5.91 Å². The first-order valence-electron chi connectivity index (χ1n) is 11.0. The molecular formula is C25H30ClN3O2. The lowest BCUT2D eigenvalue weighted by molar-refractivity contribution is -0.121. The van der Waals surface area contributed by atoms with Crippen molar-refractivity contribution in [1.29, 1.82) is 0 Å². The number of carbonyl (C=O) groups excluding carboxylic acids is 1. The molecule has 5 nitrogen and oxygen atoms in total. The third kappa shape index (κ3) is 5.48. The topological polar surface area (TPSA) is 46.5 Å². The molecule has 31 heavy (non-hydrogen) atoms. The summed E-state index contributed by atoms with van der Waals surface area (Å²) in [5.74, 6) is 0.0532. The summed E-state index contributed by atoms with van der Waals surface area (Å²) >= 11 is 6.12. The lowest BCUT2D eigenvalue weighted by Gasteiger charge is -2.26. The lowest BCUT2D eigenvalue weighted by Crippen LogP contribution is -2.38.